The fraction of sp³-hybridized carbons (Fsp3) is 0. The number of nitrogens with one attached hydrogen (secondary N) is 1. The first-order chi connectivity index (χ1) is 5.68. The molecule has 1 radical (unpaired) electrons. The van der Waals surface area contributed by atoms with Crippen LogP contribution in [0.3, 0.4) is 0 Å². The second-order valence-corrected chi connectivity index (χ2v) is 2.25. The van der Waals surface area contributed by atoms with Gasteiger partial charge in [0, 0.05) is 0 Å². The molecule has 0 saturated heterocycles. The molecule has 7 nitrogen and oxygen atoms in total. The van der Waals surface area contributed by atoms with E-state index in [2.05, 4.69) is 15.0 Å². The molecular weight excluding hydrogens is 158 g/mol. The molecule has 0 unspecified atom stereocenters. The van der Waals surface area contributed by atoms with Crippen LogP contribution < -0.4 is 17.3 Å². The molecule has 0 bridgehead atoms. The van der Waals surface area contributed by atoms with E-state index in [9.17, 15) is 0 Å². The molecule has 2 heterocycles. The highest BCUT2D eigenvalue weighted by atomic mass is 15.3. The molecule has 2 aromatic rings. The van der Waals surface area contributed by atoms with Crippen molar-refractivity contribution in [3.05, 3.63) is 6.33 Å². The zero-order valence-electron chi connectivity index (χ0n) is 6.02. The highest BCUT2D eigenvalue weighted by Gasteiger charge is 2.07. The number of hydrogen-bond donors (Lipinski definition) is 2. The number of aromatic nitrogens is 4. The van der Waals surface area contributed by atoms with Crippen molar-refractivity contribution in [3.63, 3.8) is 0 Å². The van der Waals surface area contributed by atoms with Crippen LogP contribution in [0.25, 0.3) is 11.2 Å². The van der Waals surface area contributed by atoms with Gasteiger partial charge in [-0.25, -0.2) is 15.5 Å². The lowest BCUT2D eigenvalue weighted by atomic mass is 10.5. The molecule has 61 valence electrons. The van der Waals surface area contributed by atoms with Crippen molar-refractivity contribution in [2.45, 2.75) is 0 Å². The second kappa shape index (κ2) is 1.97. The smallest absolute Gasteiger partial charge is 0.224 e. The van der Waals surface area contributed by atoms with E-state index < -0.39 is 0 Å². The number of nitrogens with zero attached hydrogens (tertiary/aromatic N) is 4. The average molecular weight is 164 g/mol. The summed E-state index contributed by atoms with van der Waals surface area (Å²) < 4.78 is 0.990. The summed E-state index contributed by atoms with van der Waals surface area (Å²) in [7, 11) is 0. The normalized spacial score (nSPS) is 10.7. The van der Waals surface area contributed by atoms with E-state index in [1.54, 1.807) is 0 Å². The molecule has 5 N–H and O–H groups in total. The van der Waals surface area contributed by atoms with E-state index >= 15 is 0 Å². The molecule has 0 fully saturated rings. The molecule has 0 spiro atoms. The van der Waals surface area contributed by atoms with Crippen LogP contribution in [-0.2, 0) is 0 Å². The summed E-state index contributed by atoms with van der Waals surface area (Å²) in [6, 6.07) is 0. The van der Waals surface area contributed by atoms with Gasteiger partial charge in [0.15, 0.2) is 17.0 Å². The van der Waals surface area contributed by atoms with Gasteiger partial charge < -0.3 is 11.5 Å². The Hall–Kier alpha value is -2.05. The third-order valence-electron chi connectivity index (χ3n) is 1.44. The first-order valence-electron chi connectivity index (χ1n) is 3.16. The Balaban J connectivity index is 2.92. The summed E-state index contributed by atoms with van der Waals surface area (Å²) >= 11 is 0. The van der Waals surface area contributed by atoms with Gasteiger partial charge in [0.05, 0.1) is 0 Å². The lowest BCUT2D eigenvalue weighted by Crippen LogP contribution is -2.02. The van der Waals surface area contributed by atoms with Crippen molar-refractivity contribution in [2.24, 2.45) is 0 Å². The highest BCUT2D eigenvalue weighted by Crippen LogP contribution is 2.14. The van der Waals surface area contributed by atoms with Gasteiger partial charge in [-0.15, -0.1) is 0 Å². The Labute approximate surface area is 67.2 Å². The Morgan fingerprint density at radius 2 is 2.08 bits per heavy atom. The molecule has 0 aliphatic rings. The number of hydrogen-bond acceptors (Lipinski definition) is 5. The molecule has 0 aliphatic carbocycles. The summed E-state index contributed by atoms with van der Waals surface area (Å²) in [6.07, 6.45) is 1.29. The van der Waals surface area contributed by atoms with E-state index in [4.69, 9.17) is 17.3 Å². The van der Waals surface area contributed by atoms with Gasteiger partial charge in [-0.2, -0.15) is 9.97 Å². The standard InChI is InChI=1S/C5H6N7/c6-3-2-4(11-5(7)10-3)12(8)1-9-2/h1,8H,(H4,6,7,10,11). The minimum atomic E-state index is 0.0500. The van der Waals surface area contributed by atoms with E-state index in [1.165, 1.54) is 6.33 Å². The summed E-state index contributed by atoms with van der Waals surface area (Å²) in [5, 5.41) is 0. The maximum atomic E-state index is 7.29. The second-order valence-electron chi connectivity index (χ2n) is 2.25. The van der Waals surface area contributed by atoms with Crippen molar-refractivity contribution in [1.82, 2.24) is 25.5 Å². The highest BCUT2D eigenvalue weighted by molar-refractivity contribution is 5.82. The maximum absolute atomic E-state index is 7.29. The minimum absolute atomic E-state index is 0.0500. The van der Waals surface area contributed by atoms with Gasteiger partial charge in [-0.05, 0) is 0 Å². The predicted octanol–water partition coefficient (Wildman–Crippen LogP) is -0.963. The van der Waals surface area contributed by atoms with Gasteiger partial charge in [0.2, 0.25) is 5.95 Å². The first-order valence-corrected chi connectivity index (χ1v) is 3.16. The molecule has 2 rings (SSSR count). The number of nitrogens with two attached hydrogens (primary N) is 2. The lowest BCUT2D eigenvalue weighted by molar-refractivity contribution is 0.854. The van der Waals surface area contributed by atoms with E-state index in [-0.39, 0.29) is 11.8 Å². The Bertz CT molecular complexity index is 431. The average Bonchev–Trinajstić information content (AvgIpc) is 2.33. The molecule has 7 heteroatoms. The minimum Gasteiger partial charge on any atom is -0.382 e. The fourth-order valence-electron chi connectivity index (χ4n) is 0.939. The summed E-state index contributed by atoms with van der Waals surface area (Å²) in [5.41, 5.74) is 11.5. The van der Waals surface area contributed by atoms with Crippen molar-refractivity contribution >= 4 is 22.9 Å². The summed E-state index contributed by atoms with van der Waals surface area (Å²) in [6.45, 7) is 0. The van der Waals surface area contributed by atoms with Crippen LogP contribution in [0.5, 0.6) is 0 Å². The van der Waals surface area contributed by atoms with Crippen LogP contribution in [0.1, 0.15) is 0 Å². The summed E-state index contributed by atoms with van der Waals surface area (Å²) in [5.74, 6) is 7.54. The van der Waals surface area contributed by atoms with Crippen molar-refractivity contribution in [3.8, 4) is 0 Å². The van der Waals surface area contributed by atoms with E-state index in [0.29, 0.717) is 11.2 Å². The molecule has 2 aromatic heterocycles. The number of anilines is 2. The lowest BCUT2D eigenvalue weighted by Gasteiger charge is -1.96. The SMILES string of the molecule is [NH]n1cnc2c(N)nc(N)nc21. The molecule has 0 aromatic carbocycles. The first kappa shape index (κ1) is 6.65. The number of rotatable bonds is 0. The number of imidazole rings is 1. The van der Waals surface area contributed by atoms with Crippen molar-refractivity contribution in [1.29, 1.82) is 0 Å². The quantitative estimate of drug-likeness (QED) is 0.519. The van der Waals surface area contributed by atoms with Crippen LogP contribution in [0.2, 0.25) is 0 Å². The van der Waals surface area contributed by atoms with Gasteiger partial charge >= 0.3 is 0 Å². The molecule has 0 atom stereocenters. The molecule has 12 heavy (non-hydrogen) atoms. The van der Waals surface area contributed by atoms with Gasteiger partial charge in [-0.3, -0.25) is 0 Å². The predicted molar refractivity (Wildman–Crippen MR) is 42.6 cm³/mol. The van der Waals surface area contributed by atoms with Crippen LogP contribution in [0, 0.1) is 0 Å². The molecule has 0 saturated carbocycles. The van der Waals surface area contributed by atoms with Crippen molar-refractivity contribution < 1.29 is 0 Å². The molecule has 0 amide bonds. The Kier molecular flexibility index (Phi) is 1.09. The Morgan fingerprint density at radius 3 is 2.83 bits per heavy atom. The monoisotopic (exact) mass is 164 g/mol. The topological polar surface area (TPSA) is 119 Å². The van der Waals surface area contributed by atoms with Gasteiger partial charge in [-0.1, -0.05) is 0 Å². The largest absolute Gasteiger partial charge is 0.382 e. The zero-order valence-corrected chi connectivity index (χ0v) is 6.02. The van der Waals surface area contributed by atoms with Crippen LogP contribution >= 0.6 is 0 Å². The molecular formula is C5H6N7. The maximum Gasteiger partial charge on any atom is 0.224 e. The third kappa shape index (κ3) is 0.729. The fourth-order valence-corrected chi connectivity index (χ4v) is 0.939. The number of fused-ring (bicyclic) bond motifs is 1. The van der Waals surface area contributed by atoms with Gasteiger partial charge in [0.1, 0.15) is 6.33 Å². The van der Waals surface area contributed by atoms with E-state index in [1.807, 2.05) is 0 Å². The number of nitrogen functional groups attached to an aromatic ring is 2. The summed E-state index contributed by atoms with van der Waals surface area (Å²) in [4.78, 5) is 11.3. The Morgan fingerprint density at radius 1 is 1.33 bits per heavy atom. The van der Waals surface area contributed by atoms with Crippen LogP contribution in [0.4, 0.5) is 11.8 Å². The van der Waals surface area contributed by atoms with Crippen LogP contribution in [0.15, 0.2) is 6.33 Å². The van der Waals surface area contributed by atoms with Crippen LogP contribution in [-0.4, -0.2) is 19.6 Å². The van der Waals surface area contributed by atoms with Gasteiger partial charge in [0.25, 0.3) is 0 Å². The van der Waals surface area contributed by atoms with Crippen molar-refractivity contribution in [2.75, 3.05) is 11.5 Å². The third-order valence-corrected chi connectivity index (χ3v) is 1.44. The van der Waals surface area contributed by atoms with E-state index in [0.717, 1.165) is 4.68 Å². The molecule has 0 aliphatic heterocycles. The zero-order chi connectivity index (χ0) is 8.72.